The lowest BCUT2D eigenvalue weighted by molar-refractivity contribution is 0.0640. The average Bonchev–Trinajstić information content (AvgIpc) is 2.80. The van der Waals surface area contributed by atoms with Crippen LogP contribution in [0.2, 0.25) is 0 Å². The van der Waals surface area contributed by atoms with Crippen LogP contribution in [-0.2, 0) is 4.74 Å². The first-order valence-corrected chi connectivity index (χ1v) is 11.9. The molecule has 1 aromatic heterocycles. The van der Waals surface area contributed by atoms with Crippen molar-refractivity contribution in [3.63, 3.8) is 0 Å². The number of nitrogens with zero attached hydrogens (tertiary/aromatic N) is 2. The second-order valence-electron chi connectivity index (χ2n) is 9.11. The first-order chi connectivity index (χ1) is 15.6. The lowest BCUT2D eigenvalue weighted by Crippen LogP contribution is -2.41. The van der Waals surface area contributed by atoms with Crippen LogP contribution in [-0.4, -0.2) is 61.0 Å². The van der Waals surface area contributed by atoms with E-state index in [4.69, 9.17) is 14.2 Å². The molecular formula is C25H35N3O4. The van der Waals surface area contributed by atoms with E-state index in [-0.39, 0.29) is 6.10 Å². The van der Waals surface area contributed by atoms with Crippen molar-refractivity contribution in [1.82, 2.24) is 15.2 Å². The zero-order valence-corrected chi connectivity index (χ0v) is 19.2. The number of carbonyl (C=O) groups excluding carboxylic acids is 1. The Labute approximate surface area is 190 Å². The molecule has 2 fully saturated rings. The summed E-state index contributed by atoms with van der Waals surface area (Å²) in [7, 11) is 0. The maximum atomic E-state index is 12.1. The average molecular weight is 442 g/mol. The number of ether oxygens (including phenoxy) is 3. The van der Waals surface area contributed by atoms with Crippen molar-refractivity contribution in [2.45, 2.75) is 58.1 Å². The van der Waals surface area contributed by atoms with Crippen LogP contribution in [0.15, 0.2) is 30.3 Å². The van der Waals surface area contributed by atoms with Crippen molar-refractivity contribution in [1.29, 1.82) is 0 Å². The fourth-order valence-electron chi connectivity index (χ4n) is 4.46. The first-order valence-electron chi connectivity index (χ1n) is 11.9. The molecule has 32 heavy (non-hydrogen) atoms. The summed E-state index contributed by atoms with van der Waals surface area (Å²) >= 11 is 0. The number of rotatable bonds is 7. The number of aromatic nitrogens is 1. The van der Waals surface area contributed by atoms with Gasteiger partial charge in [-0.3, -0.25) is 0 Å². The largest absolute Gasteiger partial charge is 0.490 e. The first kappa shape index (κ1) is 22.8. The molecule has 0 unspecified atom stereocenters. The SMILES string of the molecule is CC(C)N1CCC(Oc2ccc3nc(OC(=O)NCCC4CCOCC4)ccc3c2)CC1. The summed E-state index contributed by atoms with van der Waals surface area (Å²) in [6.45, 7) is 8.89. The minimum atomic E-state index is -0.461. The Hall–Kier alpha value is -2.38. The van der Waals surface area contributed by atoms with Gasteiger partial charge in [-0.2, -0.15) is 0 Å². The Morgan fingerprint density at radius 3 is 2.69 bits per heavy atom. The number of nitrogens with one attached hydrogen (secondary N) is 1. The molecule has 1 aromatic carbocycles. The number of amides is 1. The number of carbonyl (C=O) groups is 1. The monoisotopic (exact) mass is 441 g/mol. The topological polar surface area (TPSA) is 72.9 Å². The third-order valence-electron chi connectivity index (χ3n) is 6.50. The van der Waals surface area contributed by atoms with E-state index in [0.29, 0.717) is 24.4 Å². The van der Waals surface area contributed by atoms with E-state index in [1.54, 1.807) is 6.07 Å². The molecule has 174 valence electrons. The summed E-state index contributed by atoms with van der Waals surface area (Å²) < 4.78 is 17.0. The smallest absolute Gasteiger partial charge is 0.413 e. The van der Waals surface area contributed by atoms with Crippen LogP contribution in [0.25, 0.3) is 10.9 Å². The van der Waals surface area contributed by atoms with Crippen molar-refractivity contribution in [3.8, 4) is 11.6 Å². The van der Waals surface area contributed by atoms with Crippen LogP contribution < -0.4 is 14.8 Å². The van der Waals surface area contributed by atoms with Gasteiger partial charge < -0.3 is 24.4 Å². The van der Waals surface area contributed by atoms with Gasteiger partial charge >= 0.3 is 6.09 Å². The third kappa shape index (κ3) is 6.33. The van der Waals surface area contributed by atoms with Crippen molar-refractivity contribution in [2.24, 2.45) is 5.92 Å². The molecule has 7 heteroatoms. The molecule has 2 saturated heterocycles. The molecule has 2 aromatic rings. The summed E-state index contributed by atoms with van der Waals surface area (Å²) in [5.41, 5.74) is 0.777. The normalized spacial score (nSPS) is 18.7. The molecule has 1 amide bonds. The predicted octanol–water partition coefficient (Wildman–Crippen LogP) is 4.39. The number of benzene rings is 1. The second-order valence-corrected chi connectivity index (χ2v) is 9.11. The molecule has 4 rings (SSSR count). The Bertz CT molecular complexity index is 890. The molecule has 0 saturated carbocycles. The van der Waals surface area contributed by atoms with Crippen LogP contribution in [0.4, 0.5) is 4.79 Å². The molecule has 2 aliphatic heterocycles. The quantitative estimate of drug-likeness (QED) is 0.687. The second kappa shape index (κ2) is 11.0. The van der Waals surface area contributed by atoms with Crippen molar-refractivity contribution >= 4 is 17.0 Å². The predicted molar refractivity (Wildman–Crippen MR) is 124 cm³/mol. The Balaban J connectivity index is 1.26. The number of fused-ring (bicyclic) bond motifs is 1. The zero-order chi connectivity index (χ0) is 22.3. The molecule has 0 radical (unpaired) electrons. The summed E-state index contributed by atoms with van der Waals surface area (Å²) in [6.07, 6.45) is 4.95. The van der Waals surface area contributed by atoms with Gasteiger partial charge in [0.05, 0.1) is 5.52 Å². The van der Waals surface area contributed by atoms with Crippen molar-refractivity contribution < 1.29 is 19.0 Å². The fraction of sp³-hybridized carbons (Fsp3) is 0.600. The highest BCUT2D eigenvalue weighted by Gasteiger charge is 2.22. The molecule has 0 atom stereocenters. The number of hydrogen-bond acceptors (Lipinski definition) is 6. The molecule has 0 aliphatic carbocycles. The van der Waals surface area contributed by atoms with E-state index in [0.717, 1.165) is 75.1 Å². The fourth-order valence-corrected chi connectivity index (χ4v) is 4.46. The third-order valence-corrected chi connectivity index (χ3v) is 6.50. The molecule has 0 spiro atoms. The Morgan fingerprint density at radius 1 is 1.16 bits per heavy atom. The number of likely N-dealkylation sites (tertiary alicyclic amines) is 1. The number of pyridine rings is 1. The lowest BCUT2D eigenvalue weighted by atomic mass is 9.97. The van der Waals surface area contributed by atoms with Crippen LogP contribution in [0.5, 0.6) is 11.6 Å². The Kier molecular flexibility index (Phi) is 7.81. The molecule has 7 nitrogen and oxygen atoms in total. The van der Waals surface area contributed by atoms with Crippen molar-refractivity contribution in [3.05, 3.63) is 30.3 Å². The highest BCUT2D eigenvalue weighted by molar-refractivity contribution is 5.81. The number of piperidine rings is 1. The molecule has 3 heterocycles. The minimum absolute atomic E-state index is 0.253. The van der Waals surface area contributed by atoms with Gasteiger partial charge in [0.25, 0.3) is 0 Å². The van der Waals surface area contributed by atoms with Gasteiger partial charge in [-0.25, -0.2) is 9.78 Å². The van der Waals surface area contributed by atoms with Crippen LogP contribution in [0.1, 0.15) is 46.0 Å². The van der Waals surface area contributed by atoms with Gasteiger partial charge in [-0.15, -0.1) is 0 Å². The van der Waals surface area contributed by atoms with Gasteiger partial charge in [-0.05, 0) is 76.1 Å². The summed E-state index contributed by atoms with van der Waals surface area (Å²) in [5.74, 6) is 1.78. The van der Waals surface area contributed by atoms with Gasteiger partial charge in [0, 0.05) is 50.3 Å². The van der Waals surface area contributed by atoms with Crippen LogP contribution >= 0.6 is 0 Å². The Morgan fingerprint density at radius 2 is 1.94 bits per heavy atom. The van der Waals surface area contributed by atoms with E-state index >= 15 is 0 Å². The maximum Gasteiger partial charge on any atom is 0.413 e. The van der Waals surface area contributed by atoms with E-state index in [1.165, 1.54) is 0 Å². The van der Waals surface area contributed by atoms with E-state index < -0.39 is 6.09 Å². The molecule has 0 bridgehead atoms. The van der Waals surface area contributed by atoms with E-state index in [2.05, 4.69) is 29.0 Å². The minimum Gasteiger partial charge on any atom is -0.490 e. The van der Waals surface area contributed by atoms with E-state index in [1.807, 2.05) is 24.3 Å². The summed E-state index contributed by atoms with van der Waals surface area (Å²) in [4.78, 5) is 19.1. The summed E-state index contributed by atoms with van der Waals surface area (Å²) in [5, 5.41) is 3.79. The highest BCUT2D eigenvalue weighted by Crippen LogP contribution is 2.25. The van der Waals surface area contributed by atoms with Gasteiger partial charge in [0.1, 0.15) is 11.9 Å². The van der Waals surface area contributed by atoms with Gasteiger partial charge in [0.2, 0.25) is 5.88 Å². The maximum absolute atomic E-state index is 12.1. The van der Waals surface area contributed by atoms with Gasteiger partial charge in [-0.1, -0.05) is 0 Å². The highest BCUT2D eigenvalue weighted by atomic mass is 16.6. The summed E-state index contributed by atoms with van der Waals surface area (Å²) in [6, 6.07) is 10.1. The zero-order valence-electron chi connectivity index (χ0n) is 19.2. The van der Waals surface area contributed by atoms with E-state index in [9.17, 15) is 4.79 Å². The van der Waals surface area contributed by atoms with Gasteiger partial charge in [0.15, 0.2) is 0 Å². The number of hydrogen-bond donors (Lipinski definition) is 1. The molecule has 2 aliphatic rings. The van der Waals surface area contributed by atoms with Crippen molar-refractivity contribution in [2.75, 3.05) is 32.8 Å². The molecule has 1 N–H and O–H groups in total. The molecular weight excluding hydrogens is 406 g/mol. The van der Waals surface area contributed by atoms with Crippen LogP contribution in [0, 0.1) is 5.92 Å². The lowest BCUT2D eigenvalue weighted by Gasteiger charge is -2.34. The van der Waals surface area contributed by atoms with Crippen LogP contribution in [0.3, 0.4) is 0 Å². The standard InChI is InChI=1S/C25H35N3O4/c1-18(2)28-13-8-21(9-14-28)31-22-4-5-23-20(17-22)3-6-24(27-23)32-25(29)26-12-7-19-10-15-30-16-11-19/h3-6,17-19,21H,7-16H2,1-2H3,(H,26,29).